The van der Waals surface area contributed by atoms with Crippen LogP contribution >= 0.6 is 0 Å². The second-order valence-corrected chi connectivity index (χ2v) is 3.92. The molecule has 0 aliphatic rings. The van der Waals surface area contributed by atoms with Gasteiger partial charge >= 0.3 is 0 Å². The largest absolute Gasteiger partial charge is 0.494 e. The molecule has 0 rings (SSSR count). The molecule has 1 amide bonds. The smallest absolute Gasteiger partial charge is 0.247 e. The molecule has 0 saturated heterocycles. The fourth-order valence-electron chi connectivity index (χ4n) is 1.13. The van der Waals surface area contributed by atoms with Crippen molar-refractivity contribution in [2.75, 3.05) is 6.61 Å². The highest BCUT2D eigenvalue weighted by Gasteiger charge is 2.03. The molecule has 0 fully saturated rings. The van der Waals surface area contributed by atoms with E-state index in [1.165, 1.54) is 6.08 Å². The van der Waals surface area contributed by atoms with Crippen molar-refractivity contribution >= 4 is 5.91 Å². The van der Waals surface area contributed by atoms with Crippen molar-refractivity contribution in [2.45, 2.75) is 33.6 Å². The minimum absolute atomic E-state index is 0.256. The summed E-state index contributed by atoms with van der Waals surface area (Å²) in [5.41, 5.74) is 1.41. The summed E-state index contributed by atoms with van der Waals surface area (Å²) in [5.74, 6) is 0.471. The molecule has 3 nitrogen and oxygen atoms in total. The zero-order chi connectivity index (χ0) is 14.0. The Morgan fingerprint density at radius 1 is 1.44 bits per heavy atom. The highest BCUT2D eigenvalue weighted by Crippen LogP contribution is 2.10. The van der Waals surface area contributed by atoms with Gasteiger partial charge in [0.05, 0.1) is 6.61 Å². The van der Waals surface area contributed by atoms with Crippen molar-refractivity contribution in [3.05, 3.63) is 48.4 Å². The van der Waals surface area contributed by atoms with Crippen LogP contribution in [0.1, 0.15) is 33.6 Å². The van der Waals surface area contributed by atoms with Crippen LogP contribution in [0.5, 0.6) is 0 Å². The fourth-order valence-corrected chi connectivity index (χ4v) is 1.13. The maximum atomic E-state index is 11.3. The van der Waals surface area contributed by atoms with E-state index in [1.807, 2.05) is 19.9 Å². The molecule has 0 aromatic rings. The summed E-state index contributed by atoms with van der Waals surface area (Å²) in [4.78, 5) is 11.3. The summed E-state index contributed by atoms with van der Waals surface area (Å²) < 4.78 is 5.59. The van der Waals surface area contributed by atoms with E-state index < -0.39 is 0 Å². The Bertz CT molecular complexity index is 365. The zero-order valence-electron chi connectivity index (χ0n) is 11.6. The Morgan fingerprint density at radius 3 is 2.56 bits per heavy atom. The summed E-state index contributed by atoms with van der Waals surface area (Å²) in [5, 5.41) is 2.71. The number of allylic oxidation sites excluding steroid dienone is 3. The minimum atomic E-state index is -0.256. The van der Waals surface area contributed by atoms with Gasteiger partial charge in [0.25, 0.3) is 0 Å². The van der Waals surface area contributed by atoms with E-state index in [9.17, 15) is 4.79 Å². The summed E-state index contributed by atoms with van der Waals surface area (Å²) in [6.07, 6.45) is 6.95. The Hall–Kier alpha value is -1.77. The van der Waals surface area contributed by atoms with Crippen LogP contribution in [-0.4, -0.2) is 12.5 Å². The molecular weight excluding hydrogens is 226 g/mol. The number of hydrogen-bond acceptors (Lipinski definition) is 2. The molecule has 3 heteroatoms. The lowest BCUT2D eigenvalue weighted by Crippen LogP contribution is -2.21. The molecule has 0 aromatic carbocycles. The van der Waals surface area contributed by atoms with E-state index in [4.69, 9.17) is 4.74 Å². The number of nitrogens with one attached hydrogen (secondary N) is 1. The first-order chi connectivity index (χ1) is 8.54. The standard InChI is InChI=1S/C15H23NO2/c1-6-9-10-18-13(7-2)11-14(12(4)5)16-15(17)8-3/h7-8,11H,3-4,6,9-10H2,1-2,5H3,(H,16,17)/b13-7+,14-11+. The molecule has 18 heavy (non-hydrogen) atoms. The quantitative estimate of drug-likeness (QED) is 0.309. The predicted octanol–water partition coefficient (Wildman–Crippen LogP) is 3.47. The van der Waals surface area contributed by atoms with Crippen LogP contribution in [-0.2, 0) is 9.53 Å². The lowest BCUT2D eigenvalue weighted by molar-refractivity contribution is -0.115. The van der Waals surface area contributed by atoms with Crippen LogP contribution in [0.2, 0.25) is 0 Å². The van der Waals surface area contributed by atoms with Gasteiger partial charge in [-0.15, -0.1) is 0 Å². The van der Waals surface area contributed by atoms with Gasteiger partial charge in [0, 0.05) is 11.8 Å². The molecule has 0 heterocycles. The Morgan fingerprint density at radius 2 is 2.11 bits per heavy atom. The van der Waals surface area contributed by atoms with Gasteiger partial charge in [-0.25, -0.2) is 0 Å². The molecule has 0 aliphatic heterocycles. The Labute approximate surface area is 110 Å². The first-order valence-electron chi connectivity index (χ1n) is 6.15. The number of carbonyl (C=O) groups is 1. The van der Waals surface area contributed by atoms with Gasteiger partial charge in [0.15, 0.2) is 0 Å². The molecular formula is C15H23NO2. The maximum absolute atomic E-state index is 11.3. The van der Waals surface area contributed by atoms with E-state index in [2.05, 4.69) is 25.4 Å². The average molecular weight is 249 g/mol. The van der Waals surface area contributed by atoms with Gasteiger partial charge in [-0.2, -0.15) is 0 Å². The average Bonchev–Trinajstić information content (AvgIpc) is 2.35. The van der Waals surface area contributed by atoms with Crippen LogP contribution in [0.3, 0.4) is 0 Å². The molecule has 0 spiro atoms. The molecule has 0 aromatic heterocycles. The molecule has 100 valence electrons. The van der Waals surface area contributed by atoms with Crippen LogP contribution in [0.15, 0.2) is 48.4 Å². The number of amides is 1. The van der Waals surface area contributed by atoms with Crippen molar-refractivity contribution in [2.24, 2.45) is 0 Å². The van der Waals surface area contributed by atoms with E-state index >= 15 is 0 Å². The van der Waals surface area contributed by atoms with E-state index in [0.29, 0.717) is 12.3 Å². The third kappa shape index (κ3) is 6.74. The zero-order valence-corrected chi connectivity index (χ0v) is 11.6. The van der Waals surface area contributed by atoms with Crippen molar-refractivity contribution < 1.29 is 9.53 Å². The number of rotatable bonds is 8. The second-order valence-electron chi connectivity index (χ2n) is 3.92. The Kier molecular flexibility index (Phi) is 8.37. The van der Waals surface area contributed by atoms with Gasteiger partial charge in [-0.1, -0.05) is 26.5 Å². The molecule has 0 unspecified atom stereocenters. The lowest BCUT2D eigenvalue weighted by atomic mass is 10.2. The molecule has 0 radical (unpaired) electrons. The van der Waals surface area contributed by atoms with Crippen LogP contribution in [0.4, 0.5) is 0 Å². The van der Waals surface area contributed by atoms with Gasteiger partial charge < -0.3 is 10.1 Å². The third-order valence-corrected chi connectivity index (χ3v) is 2.24. The summed E-state index contributed by atoms with van der Waals surface area (Å²) in [6, 6.07) is 0. The molecule has 1 N–H and O–H groups in total. The molecule has 0 atom stereocenters. The summed E-state index contributed by atoms with van der Waals surface area (Å²) in [7, 11) is 0. The summed E-state index contributed by atoms with van der Waals surface area (Å²) in [6.45, 7) is 13.7. The fraction of sp³-hybridized carbons (Fsp3) is 0.400. The van der Waals surface area contributed by atoms with E-state index in [-0.39, 0.29) is 5.91 Å². The molecule has 0 aliphatic carbocycles. The molecule has 0 saturated carbocycles. The lowest BCUT2D eigenvalue weighted by Gasteiger charge is -2.11. The van der Waals surface area contributed by atoms with Crippen molar-refractivity contribution in [1.29, 1.82) is 0 Å². The first kappa shape index (κ1) is 16.2. The monoisotopic (exact) mass is 249 g/mol. The molecule has 0 bridgehead atoms. The van der Waals surface area contributed by atoms with E-state index in [1.54, 1.807) is 6.08 Å². The maximum Gasteiger partial charge on any atom is 0.247 e. The first-order valence-corrected chi connectivity index (χ1v) is 6.15. The number of unbranched alkanes of at least 4 members (excludes halogenated alkanes) is 1. The number of carbonyl (C=O) groups excluding carboxylic acids is 1. The SMILES string of the molecule is C=CC(=O)N/C(=C/C(=C\C)OCCCC)C(=C)C. The van der Waals surface area contributed by atoms with Crippen molar-refractivity contribution in [1.82, 2.24) is 5.32 Å². The normalized spacial score (nSPS) is 11.9. The number of ether oxygens (including phenoxy) is 1. The van der Waals surface area contributed by atoms with Crippen molar-refractivity contribution in [3.63, 3.8) is 0 Å². The Balaban J connectivity index is 4.74. The topological polar surface area (TPSA) is 38.3 Å². The highest BCUT2D eigenvalue weighted by atomic mass is 16.5. The second kappa shape index (κ2) is 9.28. The van der Waals surface area contributed by atoms with Gasteiger partial charge in [0.2, 0.25) is 5.91 Å². The van der Waals surface area contributed by atoms with Crippen LogP contribution in [0, 0.1) is 0 Å². The summed E-state index contributed by atoms with van der Waals surface area (Å²) >= 11 is 0. The van der Waals surface area contributed by atoms with E-state index in [0.717, 1.165) is 24.2 Å². The van der Waals surface area contributed by atoms with Crippen LogP contribution in [0.25, 0.3) is 0 Å². The number of hydrogen-bond donors (Lipinski definition) is 1. The van der Waals surface area contributed by atoms with Gasteiger partial charge in [-0.3, -0.25) is 4.79 Å². The van der Waals surface area contributed by atoms with Gasteiger partial charge in [0.1, 0.15) is 5.76 Å². The van der Waals surface area contributed by atoms with Crippen LogP contribution < -0.4 is 5.32 Å². The highest BCUT2D eigenvalue weighted by molar-refractivity contribution is 5.88. The van der Waals surface area contributed by atoms with Crippen molar-refractivity contribution in [3.8, 4) is 0 Å². The van der Waals surface area contributed by atoms with Gasteiger partial charge in [-0.05, 0) is 38.0 Å². The minimum Gasteiger partial charge on any atom is -0.494 e. The predicted molar refractivity (Wildman–Crippen MR) is 75.9 cm³/mol. The third-order valence-electron chi connectivity index (χ3n) is 2.24.